The zero-order valence-corrected chi connectivity index (χ0v) is 7.38. The molecule has 0 saturated carbocycles. The molecule has 0 amide bonds. The molecular formula is C8H17N3. The van der Waals surface area contributed by atoms with E-state index in [1.165, 1.54) is 12.2 Å². The van der Waals surface area contributed by atoms with Gasteiger partial charge in [-0.2, -0.15) is 0 Å². The topological polar surface area (TPSA) is 32.5 Å². The number of nitrogens with two attached hydrogens (primary N) is 1. The predicted molar refractivity (Wildman–Crippen MR) is 46.5 cm³/mol. The zero-order valence-electron chi connectivity index (χ0n) is 7.38. The largest absolute Gasteiger partial charge is 0.358 e. The van der Waals surface area contributed by atoms with Crippen molar-refractivity contribution in [1.29, 1.82) is 0 Å². The van der Waals surface area contributed by atoms with Gasteiger partial charge in [0, 0.05) is 19.6 Å². The fraction of sp³-hybridized carbons (Fsp3) is 0.750. The first-order valence-electron chi connectivity index (χ1n) is 4.23. The molecule has 1 rings (SSSR count). The number of nitrogens with zero attached hydrogens (tertiary/aromatic N) is 2. The summed E-state index contributed by atoms with van der Waals surface area (Å²) in [5.74, 6) is 6.94. The molecule has 0 aromatic rings. The maximum absolute atomic E-state index is 5.78. The third kappa shape index (κ3) is 1.66. The standard InChI is InChI=1S/C8H17N3/c1-3-8-10(4-2)6-5-7-11(8)9/h3H,4-7,9H2,1-2H3/b8-3-. The van der Waals surface area contributed by atoms with Crippen molar-refractivity contribution in [3.05, 3.63) is 11.9 Å². The Morgan fingerprint density at radius 1 is 1.55 bits per heavy atom. The SMILES string of the molecule is C/C=C1\N(N)CCCN1CC. The van der Waals surface area contributed by atoms with Crippen molar-refractivity contribution in [2.75, 3.05) is 19.6 Å². The maximum Gasteiger partial charge on any atom is 0.114 e. The van der Waals surface area contributed by atoms with Gasteiger partial charge in [0.15, 0.2) is 0 Å². The molecule has 3 heteroatoms. The van der Waals surface area contributed by atoms with Crippen LogP contribution in [0.15, 0.2) is 11.9 Å². The van der Waals surface area contributed by atoms with Crippen molar-refractivity contribution in [1.82, 2.24) is 9.91 Å². The third-order valence-electron chi connectivity index (χ3n) is 2.09. The van der Waals surface area contributed by atoms with Gasteiger partial charge in [0.1, 0.15) is 5.82 Å². The average molecular weight is 155 g/mol. The van der Waals surface area contributed by atoms with Crippen LogP contribution in [0.4, 0.5) is 0 Å². The summed E-state index contributed by atoms with van der Waals surface area (Å²) in [6.07, 6.45) is 3.24. The molecule has 0 radical (unpaired) electrons. The number of allylic oxidation sites excluding steroid dienone is 1. The molecule has 1 fully saturated rings. The van der Waals surface area contributed by atoms with E-state index in [0.29, 0.717) is 0 Å². The third-order valence-corrected chi connectivity index (χ3v) is 2.09. The van der Waals surface area contributed by atoms with Crippen LogP contribution in [0.2, 0.25) is 0 Å². The highest BCUT2D eigenvalue weighted by molar-refractivity contribution is 4.99. The van der Waals surface area contributed by atoms with E-state index < -0.39 is 0 Å². The molecule has 0 aromatic heterocycles. The van der Waals surface area contributed by atoms with Gasteiger partial charge >= 0.3 is 0 Å². The molecule has 1 aliphatic rings. The molecule has 1 heterocycles. The molecule has 11 heavy (non-hydrogen) atoms. The maximum atomic E-state index is 5.78. The minimum atomic E-state index is 0.982. The van der Waals surface area contributed by atoms with Gasteiger partial charge in [-0.25, -0.2) is 5.84 Å². The van der Waals surface area contributed by atoms with Crippen LogP contribution in [-0.4, -0.2) is 29.5 Å². The fourth-order valence-corrected chi connectivity index (χ4v) is 1.51. The highest BCUT2D eigenvalue weighted by Crippen LogP contribution is 2.13. The second-order valence-electron chi connectivity index (χ2n) is 2.77. The van der Waals surface area contributed by atoms with Gasteiger partial charge in [-0.3, -0.25) is 5.01 Å². The highest BCUT2D eigenvalue weighted by Gasteiger charge is 2.16. The van der Waals surface area contributed by atoms with Crippen molar-refractivity contribution in [2.24, 2.45) is 5.84 Å². The van der Waals surface area contributed by atoms with Gasteiger partial charge in [-0.05, 0) is 26.3 Å². The van der Waals surface area contributed by atoms with Crippen LogP contribution in [-0.2, 0) is 0 Å². The number of rotatable bonds is 1. The van der Waals surface area contributed by atoms with E-state index in [0.717, 1.165) is 19.6 Å². The summed E-state index contributed by atoms with van der Waals surface area (Å²) in [6, 6.07) is 0. The molecule has 0 bridgehead atoms. The summed E-state index contributed by atoms with van der Waals surface area (Å²) in [5, 5.41) is 1.83. The van der Waals surface area contributed by atoms with E-state index in [9.17, 15) is 0 Å². The molecule has 0 atom stereocenters. The summed E-state index contributed by atoms with van der Waals surface area (Å²) in [4.78, 5) is 2.30. The smallest absolute Gasteiger partial charge is 0.114 e. The first kappa shape index (κ1) is 8.40. The lowest BCUT2D eigenvalue weighted by molar-refractivity contribution is 0.165. The zero-order chi connectivity index (χ0) is 8.27. The Kier molecular flexibility index (Phi) is 2.76. The molecule has 0 aliphatic carbocycles. The number of hydrazine groups is 1. The molecule has 0 unspecified atom stereocenters. The van der Waals surface area contributed by atoms with E-state index >= 15 is 0 Å². The van der Waals surface area contributed by atoms with Crippen molar-refractivity contribution >= 4 is 0 Å². The average Bonchev–Trinajstić information content (AvgIpc) is 2.04. The minimum absolute atomic E-state index is 0.982. The minimum Gasteiger partial charge on any atom is -0.358 e. The van der Waals surface area contributed by atoms with Gasteiger partial charge in [0.05, 0.1) is 0 Å². The first-order chi connectivity index (χ1) is 5.29. The Hall–Kier alpha value is -0.700. The quantitative estimate of drug-likeness (QED) is 0.567. The number of hydrogen-bond donors (Lipinski definition) is 1. The second kappa shape index (κ2) is 3.62. The summed E-state index contributed by atoms with van der Waals surface area (Å²) in [5.41, 5.74) is 0. The number of hydrogen-bond acceptors (Lipinski definition) is 3. The van der Waals surface area contributed by atoms with E-state index in [1.54, 1.807) is 0 Å². The summed E-state index contributed by atoms with van der Waals surface area (Å²) in [7, 11) is 0. The molecule has 64 valence electrons. The van der Waals surface area contributed by atoms with Crippen molar-refractivity contribution in [3.8, 4) is 0 Å². The Morgan fingerprint density at radius 2 is 2.27 bits per heavy atom. The van der Waals surface area contributed by atoms with Gasteiger partial charge in [-0.1, -0.05) is 0 Å². The normalized spacial score (nSPS) is 23.0. The molecule has 3 nitrogen and oxygen atoms in total. The summed E-state index contributed by atoms with van der Waals surface area (Å²) < 4.78 is 0. The van der Waals surface area contributed by atoms with E-state index in [-0.39, 0.29) is 0 Å². The van der Waals surface area contributed by atoms with Gasteiger partial charge in [0.25, 0.3) is 0 Å². The molecule has 2 N–H and O–H groups in total. The molecule has 1 aliphatic heterocycles. The predicted octanol–water partition coefficient (Wildman–Crippen LogP) is 0.749. The summed E-state index contributed by atoms with van der Waals surface area (Å²) in [6.45, 7) is 7.36. The monoisotopic (exact) mass is 155 g/mol. The Bertz CT molecular complexity index is 153. The van der Waals surface area contributed by atoms with Crippen molar-refractivity contribution in [3.63, 3.8) is 0 Å². The van der Waals surface area contributed by atoms with E-state index in [2.05, 4.69) is 17.9 Å². The Balaban J connectivity index is 2.64. The van der Waals surface area contributed by atoms with Crippen LogP contribution >= 0.6 is 0 Å². The first-order valence-corrected chi connectivity index (χ1v) is 4.23. The Labute approximate surface area is 68.4 Å². The molecule has 0 aromatic carbocycles. The molecule has 0 spiro atoms. The van der Waals surface area contributed by atoms with Crippen molar-refractivity contribution in [2.45, 2.75) is 20.3 Å². The Morgan fingerprint density at radius 3 is 2.73 bits per heavy atom. The lowest BCUT2D eigenvalue weighted by Crippen LogP contribution is -2.45. The van der Waals surface area contributed by atoms with Crippen LogP contribution in [0.25, 0.3) is 0 Å². The van der Waals surface area contributed by atoms with Gasteiger partial charge in [-0.15, -0.1) is 0 Å². The lowest BCUT2D eigenvalue weighted by atomic mass is 10.3. The van der Waals surface area contributed by atoms with Gasteiger partial charge in [0.2, 0.25) is 0 Å². The van der Waals surface area contributed by atoms with Crippen LogP contribution in [0.3, 0.4) is 0 Å². The van der Waals surface area contributed by atoms with Crippen LogP contribution in [0, 0.1) is 0 Å². The van der Waals surface area contributed by atoms with E-state index in [1.807, 2.05) is 11.9 Å². The summed E-state index contributed by atoms with van der Waals surface area (Å²) >= 11 is 0. The highest BCUT2D eigenvalue weighted by atomic mass is 15.5. The molecule has 1 saturated heterocycles. The van der Waals surface area contributed by atoms with Crippen LogP contribution < -0.4 is 5.84 Å². The molecular weight excluding hydrogens is 138 g/mol. The van der Waals surface area contributed by atoms with Crippen LogP contribution in [0.1, 0.15) is 20.3 Å². The van der Waals surface area contributed by atoms with Gasteiger partial charge < -0.3 is 4.90 Å². The van der Waals surface area contributed by atoms with Crippen LogP contribution in [0.5, 0.6) is 0 Å². The van der Waals surface area contributed by atoms with E-state index in [4.69, 9.17) is 5.84 Å². The lowest BCUT2D eigenvalue weighted by Gasteiger charge is -2.37. The fourth-order valence-electron chi connectivity index (χ4n) is 1.51. The second-order valence-corrected chi connectivity index (χ2v) is 2.77. The van der Waals surface area contributed by atoms with Crippen molar-refractivity contribution < 1.29 is 0 Å².